The highest BCUT2D eigenvalue weighted by atomic mass is 16.5. The SMILES string of the molecule is COc1cc2ncn(CCCC(=O)Nc3cnc(-c4cccc(O)c4)nc3)c(=O)c2cc1OC. The van der Waals surface area contributed by atoms with Crippen molar-refractivity contribution in [3.8, 4) is 28.6 Å². The van der Waals surface area contributed by atoms with Crippen molar-refractivity contribution in [2.75, 3.05) is 19.5 Å². The zero-order valence-corrected chi connectivity index (χ0v) is 18.7. The fraction of sp³-hybridized carbons (Fsp3) is 0.208. The second-order valence-corrected chi connectivity index (χ2v) is 7.46. The molecule has 1 amide bonds. The minimum atomic E-state index is -0.220. The van der Waals surface area contributed by atoms with Crippen molar-refractivity contribution >= 4 is 22.5 Å². The molecular weight excluding hydrogens is 438 g/mol. The Balaban J connectivity index is 1.36. The number of hydrogen-bond donors (Lipinski definition) is 2. The first-order valence-electron chi connectivity index (χ1n) is 10.5. The Labute approximate surface area is 194 Å². The van der Waals surface area contributed by atoms with E-state index in [-0.39, 0.29) is 23.6 Å². The molecule has 2 heterocycles. The van der Waals surface area contributed by atoms with Crippen LogP contribution in [-0.4, -0.2) is 44.8 Å². The monoisotopic (exact) mass is 461 g/mol. The number of anilines is 1. The van der Waals surface area contributed by atoms with Crippen LogP contribution in [0.4, 0.5) is 5.69 Å². The lowest BCUT2D eigenvalue weighted by Gasteiger charge is -2.10. The van der Waals surface area contributed by atoms with E-state index in [9.17, 15) is 14.7 Å². The molecule has 0 fully saturated rings. The molecule has 0 bridgehead atoms. The summed E-state index contributed by atoms with van der Waals surface area (Å²) < 4.78 is 12.0. The van der Waals surface area contributed by atoms with Crippen LogP contribution >= 0.6 is 0 Å². The number of amides is 1. The highest BCUT2D eigenvalue weighted by molar-refractivity contribution is 5.90. The molecule has 4 aromatic rings. The topological polar surface area (TPSA) is 128 Å². The van der Waals surface area contributed by atoms with Gasteiger partial charge >= 0.3 is 0 Å². The lowest BCUT2D eigenvalue weighted by atomic mass is 10.2. The Kier molecular flexibility index (Phi) is 6.67. The highest BCUT2D eigenvalue weighted by Crippen LogP contribution is 2.29. The number of phenols is 1. The van der Waals surface area contributed by atoms with Gasteiger partial charge in [-0.05, 0) is 24.6 Å². The third-order valence-electron chi connectivity index (χ3n) is 5.17. The van der Waals surface area contributed by atoms with Crippen LogP contribution in [0.3, 0.4) is 0 Å². The van der Waals surface area contributed by atoms with Crippen LogP contribution in [0, 0.1) is 0 Å². The van der Waals surface area contributed by atoms with E-state index in [1.54, 1.807) is 36.4 Å². The van der Waals surface area contributed by atoms with Crippen molar-refractivity contribution in [2.45, 2.75) is 19.4 Å². The summed E-state index contributed by atoms with van der Waals surface area (Å²) in [5.74, 6) is 1.28. The van der Waals surface area contributed by atoms with Crippen LogP contribution in [0.15, 0.2) is 59.9 Å². The number of fused-ring (bicyclic) bond motifs is 1. The molecule has 2 aromatic heterocycles. The van der Waals surface area contributed by atoms with E-state index in [1.165, 1.54) is 37.5 Å². The number of ether oxygens (including phenoxy) is 2. The average Bonchev–Trinajstić information content (AvgIpc) is 2.85. The summed E-state index contributed by atoms with van der Waals surface area (Å²) in [7, 11) is 3.02. The molecule has 0 atom stereocenters. The molecular formula is C24H23N5O5. The first-order chi connectivity index (χ1) is 16.5. The van der Waals surface area contributed by atoms with Crippen molar-refractivity contribution in [1.29, 1.82) is 0 Å². The molecule has 2 N–H and O–H groups in total. The Hall–Kier alpha value is -4.47. The molecule has 0 saturated heterocycles. The zero-order valence-electron chi connectivity index (χ0n) is 18.7. The number of nitrogens with zero attached hydrogens (tertiary/aromatic N) is 4. The number of phenolic OH excluding ortho intramolecular Hbond substituents is 1. The number of hydrogen-bond acceptors (Lipinski definition) is 8. The molecule has 4 rings (SSSR count). The van der Waals surface area contributed by atoms with Crippen molar-refractivity contribution in [3.63, 3.8) is 0 Å². The van der Waals surface area contributed by atoms with Crippen molar-refractivity contribution < 1.29 is 19.4 Å². The minimum Gasteiger partial charge on any atom is -0.508 e. The van der Waals surface area contributed by atoms with Gasteiger partial charge in [-0.15, -0.1) is 0 Å². The molecule has 0 radical (unpaired) electrons. The van der Waals surface area contributed by atoms with Gasteiger partial charge in [0.2, 0.25) is 5.91 Å². The molecule has 174 valence electrons. The maximum atomic E-state index is 12.8. The van der Waals surface area contributed by atoms with Gasteiger partial charge in [0.25, 0.3) is 5.56 Å². The number of nitrogens with one attached hydrogen (secondary N) is 1. The summed E-state index contributed by atoms with van der Waals surface area (Å²) in [5.41, 5.74) is 1.41. The van der Waals surface area contributed by atoms with E-state index < -0.39 is 0 Å². The highest BCUT2D eigenvalue weighted by Gasteiger charge is 2.12. The molecule has 0 aliphatic heterocycles. The van der Waals surface area contributed by atoms with E-state index in [0.717, 1.165) is 0 Å². The number of aromatic hydroxyl groups is 1. The molecule has 0 aliphatic rings. The summed E-state index contributed by atoms with van der Waals surface area (Å²) in [6, 6.07) is 9.86. The molecule has 0 unspecified atom stereocenters. The molecule has 10 nitrogen and oxygen atoms in total. The fourth-order valence-corrected chi connectivity index (χ4v) is 3.46. The van der Waals surface area contributed by atoms with E-state index in [2.05, 4.69) is 20.3 Å². The van der Waals surface area contributed by atoms with Crippen molar-refractivity contribution in [3.05, 3.63) is 65.5 Å². The number of rotatable bonds is 8. The van der Waals surface area contributed by atoms with Gasteiger partial charge in [-0.1, -0.05) is 12.1 Å². The third-order valence-corrected chi connectivity index (χ3v) is 5.17. The second kappa shape index (κ2) is 9.99. The molecule has 0 saturated carbocycles. The first-order valence-corrected chi connectivity index (χ1v) is 10.5. The summed E-state index contributed by atoms with van der Waals surface area (Å²) >= 11 is 0. The van der Waals surface area contributed by atoms with Crippen LogP contribution in [-0.2, 0) is 11.3 Å². The number of aryl methyl sites for hydroxylation is 1. The third kappa shape index (κ3) is 4.96. The van der Waals surface area contributed by atoms with Gasteiger partial charge in [-0.25, -0.2) is 15.0 Å². The van der Waals surface area contributed by atoms with Crippen molar-refractivity contribution in [2.24, 2.45) is 0 Å². The van der Waals surface area contributed by atoms with Crippen LogP contribution in [0.25, 0.3) is 22.3 Å². The Morgan fingerprint density at radius 1 is 1.06 bits per heavy atom. The van der Waals surface area contributed by atoms with Gasteiger partial charge in [0.05, 0.1) is 49.5 Å². The number of carbonyl (C=O) groups is 1. The molecule has 2 aromatic carbocycles. The predicted octanol–water partition coefficient (Wildman–Crippen LogP) is 3.00. The smallest absolute Gasteiger partial charge is 0.261 e. The predicted molar refractivity (Wildman–Crippen MR) is 126 cm³/mol. The Morgan fingerprint density at radius 3 is 2.50 bits per heavy atom. The van der Waals surface area contributed by atoms with E-state index >= 15 is 0 Å². The maximum absolute atomic E-state index is 12.8. The number of aromatic nitrogens is 4. The molecule has 0 aliphatic carbocycles. The first kappa shape index (κ1) is 22.7. The zero-order chi connectivity index (χ0) is 24.1. The summed E-state index contributed by atoms with van der Waals surface area (Å²) in [5, 5.41) is 12.7. The summed E-state index contributed by atoms with van der Waals surface area (Å²) in [6.07, 6.45) is 5.11. The Morgan fingerprint density at radius 2 is 1.79 bits per heavy atom. The number of benzene rings is 2. The second-order valence-electron chi connectivity index (χ2n) is 7.46. The largest absolute Gasteiger partial charge is 0.508 e. The maximum Gasteiger partial charge on any atom is 0.261 e. The van der Waals surface area contributed by atoms with Crippen LogP contribution in [0.2, 0.25) is 0 Å². The van der Waals surface area contributed by atoms with Gasteiger partial charge in [-0.3, -0.25) is 14.2 Å². The molecule has 10 heteroatoms. The quantitative estimate of drug-likeness (QED) is 0.410. The van der Waals surface area contributed by atoms with Crippen LogP contribution in [0.5, 0.6) is 17.2 Å². The lowest BCUT2D eigenvalue weighted by molar-refractivity contribution is -0.116. The molecule has 0 spiro atoms. The standard InChI is InChI=1S/C24H23N5O5/c1-33-20-10-18-19(11-21(20)34-2)27-14-29(24(18)32)8-4-7-22(31)28-16-12-25-23(26-13-16)15-5-3-6-17(30)9-15/h3,5-6,9-14,30H,4,7-8H2,1-2H3,(H,28,31). The van der Waals surface area contributed by atoms with Crippen molar-refractivity contribution in [1.82, 2.24) is 19.5 Å². The van der Waals surface area contributed by atoms with Crippen LogP contribution < -0.4 is 20.3 Å². The van der Waals surface area contributed by atoms with E-state index in [1.807, 2.05) is 0 Å². The van der Waals surface area contributed by atoms with Crippen LogP contribution in [0.1, 0.15) is 12.8 Å². The average molecular weight is 461 g/mol. The van der Waals surface area contributed by atoms with E-state index in [4.69, 9.17) is 9.47 Å². The molecule has 34 heavy (non-hydrogen) atoms. The summed E-state index contributed by atoms with van der Waals surface area (Å²) in [6.45, 7) is 0.330. The van der Waals surface area contributed by atoms with E-state index in [0.29, 0.717) is 52.4 Å². The van der Waals surface area contributed by atoms with Gasteiger partial charge < -0.3 is 19.9 Å². The number of methoxy groups -OCH3 is 2. The Bertz CT molecular complexity index is 1390. The minimum absolute atomic E-state index is 0.123. The van der Waals surface area contributed by atoms with Gasteiger partial charge in [0, 0.05) is 24.6 Å². The lowest BCUT2D eigenvalue weighted by Crippen LogP contribution is -2.22. The summed E-state index contributed by atoms with van der Waals surface area (Å²) in [4.78, 5) is 37.9. The normalized spacial score (nSPS) is 10.8. The number of carbonyl (C=O) groups excluding carboxylic acids is 1. The van der Waals surface area contributed by atoms with Gasteiger partial charge in [0.1, 0.15) is 5.75 Å². The van der Waals surface area contributed by atoms with Gasteiger partial charge in [-0.2, -0.15) is 0 Å². The van der Waals surface area contributed by atoms with Gasteiger partial charge in [0.15, 0.2) is 17.3 Å². The fourth-order valence-electron chi connectivity index (χ4n) is 3.46.